The van der Waals surface area contributed by atoms with Crippen LogP contribution in [-0.2, 0) is 21.1 Å². The van der Waals surface area contributed by atoms with E-state index < -0.39 is 0 Å². The van der Waals surface area contributed by atoms with Crippen LogP contribution in [0.25, 0.3) is 0 Å². The molecule has 2 aromatic carbocycles. The average Bonchev–Trinajstić information content (AvgIpc) is 2.78. The van der Waals surface area contributed by atoms with E-state index in [-0.39, 0.29) is 24.0 Å². The molecule has 2 rings (SSSR count). The lowest BCUT2D eigenvalue weighted by molar-refractivity contribution is -0.114. The first-order valence-corrected chi connectivity index (χ1v) is 10.0. The number of nitrogens with zero attached hydrogens (tertiary/aromatic N) is 2. The van der Waals surface area contributed by atoms with Gasteiger partial charge in [0.25, 0.3) is 5.91 Å². The normalized spacial score (nSPS) is 12.3. The van der Waals surface area contributed by atoms with Crippen LogP contribution in [0.5, 0.6) is 0 Å². The number of thiocarbonyl (C=S) groups is 1. The highest BCUT2D eigenvalue weighted by atomic mass is 32.1. The molecule has 0 aliphatic carbocycles. The predicted octanol–water partition coefficient (Wildman–Crippen LogP) is 3.38. The van der Waals surface area contributed by atoms with Gasteiger partial charge < -0.3 is 20.7 Å². The minimum atomic E-state index is -0.389. The molecule has 0 aromatic heterocycles. The molecule has 0 heterocycles. The van der Waals surface area contributed by atoms with Crippen molar-refractivity contribution in [2.45, 2.75) is 20.5 Å². The molecule has 0 aliphatic heterocycles. The number of carbonyl (C=O) groups excluding carboxylic acids is 1. The number of likely N-dealkylation sites (N-methyl/N-ethyl adjacent to an activating group) is 1. The average molecular weight is 457 g/mol. The summed E-state index contributed by atoms with van der Waals surface area (Å²) in [6.07, 6.45) is 1.57. The molecule has 3 N–H and O–H groups in total. The monoisotopic (exact) mass is 456 g/mol. The Labute approximate surface area is 191 Å². The lowest BCUT2D eigenvalue weighted by Crippen LogP contribution is -2.29. The summed E-state index contributed by atoms with van der Waals surface area (Å²) in [6, 6.07) is 11.3. The van der Waals surface area contributed by atoms with E-state index in [1.54, 1.807) is 31.2 Å². The quantitative estimate of drug-likeness (QED) is 0.198. The number of oxime groups is 2. The predicted molar refractivity (Wildman–Crippen MR) is 127 cm³/mol. The highest BCUT2D eigenvalue weighted by Gasteiger charge is 2.19. The van der Waals surface area contributed by atoms with Crippen LogP contribution in [0.15, 0.2) is 64.5 Å². The Morgan fingerprint density at radius 3 is 2.53 bits per heavy atom. The second-order valence-corrected chi connectivity index (χ2v) is 7.16. The second kappa shape index (κ2) is 11.7. The summed E-state index contributed by atoms with van der Waals surface area (Å²) < 4.78 is 13.1. The number of rotatable bonds is 9. The molecule has 0 unspecified atom stereocenters. The fourth-order valence-corrected chi connectivity index (χ4v) is 2.99. The number of carbonyl (C=O) groups is 1. The number of nitrogens with one attached hydrogen (secondary N) is 1. The van der Waals surface area contributed by atoms with E-state index in [1.807, 2.05) is 19.1 Å². The number of aryl methyl sites for hydroxylation is 1. The summed E-state index contributed by atoms with van der Waals surface area (Å²) in [6.45, 7) is 3.65. The molecule has 0 atom stereocenters. The highest BCUT2D eigenvalue weighted by Crippen LogP contribution is 2.18. The molecule has 0 aliphatic rings. The van der Waals surface area contributed by atoms with Crippen LogP contribution >= 0.6 is 12.2 Å². The Morgan fingerprint density at radius 1 is 1.22 bits per heavy atom. The largest absolute Gasteiger partial charge is 0.398 e. The lowest BCUT2D eigenvalue weighted by atomic mass is 9.98. The molecule has 2 aromatic rings. The van der Waals surface area contributed by atoms with Crippen molar-refractivity contribution in [3.63, 3.8) is 0 Å². The second-order valence-electron chi connectivity index (χ2n) is 6.72. The van der Waals surface area contributed by atoms with Crippen molar-refractivity contribution >= 4 is 34.4 Å². The molecule has 0 radical (unpaired) electrons. The highest BCUT2D eigenvalue weighted by molar-refractivity contribution is 7.81. The van der Waals surface area contributed by atoms with Crippen molar-refractivity contribution in [1.82, 2.24) is 5.32 Å². The molecule has 0 bridgehead atoms. The third-order valence-corrected chi connectivity index (χ3v) is 4.89. The van der Waals surface area contributed by atoms with Crippen LogP contribution in [0.4, 0.5) is 4.39 Å². The number of hydrogen-bond acceptors (Lipinski definition) is 7. The van der Waals surface area contributed by atoms with Gasteiger partial charge in [0.2, 0.25) is 0 Å². The van der Waals surface area contributed by atoms with Gasteiger partial charge in [0.05, 0.1) is 11.4 Å². The van der Waals surface area contributed by atoms with Crippen LogP contribution in [0.2, 0.25) is 0 Å². The maximum atomic E-state index is 13.1. The van der Waals surface area contributed by atoms with Gasteiger partial charge in [-0.2, -0.15) is 0 Å². The van der Waals surface area contributed by atoms with Gasteiger partial charge in [-0.25, -0.2) is 4.39 Å². The number of halogens is 1. The van der Waals surface area contributed by atoms with Crippen LogP contribution in [-0.4, -0.2) is 36.4 Å². The maximum absolute atomic E-state index is 13.1. The van der Waals surface area contributed by atoms with Crippen LogP contribution in [0.3, 0.4) is 0 Å². The van der Waals surface area contributed by atoms with Crippen LogP contribution < -0.4 is 11.1 Å². The SMILES string of the molecule is CNC(=O)/C(=N/OC)c1cccc(C)c1CO/N=C(C)/C(N)=C/C(=S)c1ccc(F)cc1. The fraction of sp³-hybridized carbons (Fsp3) is 0.217. The molecular formula is C23H25FN4O3S. The zero-order chi connectivity index (χ0) is 23.7. The maximum Gasteiger partial charge on any atom is 0.273 e. The third kappa shape index (κ3) is 6.45. The van der Waals surface area contributed by atoms with Gasteiger partial charge in [0.1, 0.15) is 19.5 Å². The summed E-state index contributed by atoms with van der Waals surface area (Å²) in [7, 11) is 2.88. The van der Waals surface area contributed by atoms with E-state index in [9.17, 15) is 9.18 Å². The van der Waals surface area contributed by atoms with Crippen molar-refractivity contribution < 1.29 is 18.9 Å². The Morgan fingerprint density at radius 2 is 1.91 bits per heavy atom. The van der Waals surface area contributed by atoms with Crippen molar-refractivity contribution in [2.75, 3.05) is 14.2 Å². The van der Waals surface area contributed by atoms with Crippen LogP contribution in [0.1, 0.15) is 29.2 Å². The van der Waals surface area contributed by atoms with Crippen molar-refractivity contribution in [1.29, 1.82) is 0 Å². The third-order valence-electron chi connectivity index (χ3n) is 4.53. The smallest absolute Gasteiger partial charge is 0.273 e. The minimum absolute atomic E-state index is 0.0781. The first kappa shape index (κ1) is 24.7. The minimum Gasteiger partial charge on any atom is -0.398 e. The zero-order valence-electron chi connectivity index (χ0n) is 18.3. The molecule has 0 spiro atoms. The first-order chi connectivity index (χ1) is 15.3. The molecule has 0 saturated carbocycles. The topological polar surface area (TPSA) is 98.3 Å². The molecule has 9 heteroatoms. The van der Waals surface area contributed by atoms with Crippen molar-refractivity contribution in [2.24, 2.45) is 16.0 Å². The summed E-state index contributed by atoms with van der Waals surface area (Å²) >= 11 is 5.33. The molecule has 0 fully saturated rings. The van der Waals surface area contributed by atoms with E-state index in [4.69, 9.17) is 27.6 Å². The van der Waals surface area contributed by atoms with Crippen molar-refractivity contribution in [3.8, 4) is 0 Å². The fourth-order valence-electron chi connectivity index (χ4n) is 2.73. The molecule has 1 amide bonds. The van der Waals surface area contributed by atoms with E-state index in [0.29, 0.717) is 27.4 Å². The Hall–Kier alpha value is -3.59. The van der Waals surface area contributed by atoms with Gasteiger partial charge in [-0.1, -0.05) is 52.9 Å². The number of benzene rings is 2. The summed E-state index contributed by atoms with van der Waals surface area (Å²) in [4.78, 5) is 23.0. The standard InChI is InChI=1S/C23H25FN4O3S/c1-14-6-5-7-18(22(28-30-4)23(29)26-3)19(14)13-31-27-15(2)20(25)12-21(32)16-8-10-17(24)11-9-16/h5-12H,13,25H2,1-4H3,(H,26,29)/b20-12-,27-15+,28-22+. The molecular weight excluding hydrogens is 431 g/mol. The van der Waals surface area contributed by atoms with E-state index in [2.05, 4.69) is 15.6 Å². The van der Waals surface area contributed by atoms with E-state index in [1.165, 1.54) is 26.3 Å². The number of hydrogen-bond donors (Lipinski definition) is 2. The van der Waals surface area contributed by atoms with Gasteiger partial charge in [0.15, 0.2) is 5.71 Å². The van der Waals surface area contributed by atoms with E-state index in [0.717, 1.165) is 11.1 Å². The van der Waals surface area contributed by atoms with Gasteiger partial charge in [0, 0.05) is 23.0 Å². The number of allylic oxidation sites excluding steroid dienone is 2. The molecule has 32 heavy (non-hydrogen) atoms. The van der Waals surface area contributed by atoms with Gasteiger partial charge in [-0.15, -0.1) is 0 Å². The van der Waals surface area contributed by atoms with Crippen LogP contribution in [0, 0.1) is 12.7 Å². The Bertz CT molecular complexity index is 1080. The number of nitrogens with two attached hydrogens (primary N) is 1. The molecule has 168 valence electrons. The van der Waals surface area contributed by atoms with E-state index >= 15 is 0 Å². The zero-order valence-corrected chi connectivity index (χ0v) is 19.1. The summed E-state index contributed by atoms with van der Waals surface area (Å²) in [5.74, 6) is -0.731. The lowest BCUT2D eigenvalue weighted by Gasteiger charge is -2.13. The van der Waals surface area contributed by atoms with Crippen molar-refractivity contribution in [3.05, 3.63) is 82.3 Å². The Kier molecular flexibility index (Phi) is 9.03. The Balaban J connectivity index is 2.19. The summed E-state index contributed by atoms with van der Waals surface area (Å²) in [5, 5.41) is 10.5. The van der Waals surface area contributed by atoms with Gasteiger partial charge in [-0.05, 0) is 43.2 Å². The first-order valence-electron chi connectivity index (χ1n) is 9.64. The van der Waals surface area contributed by atoms with Gasteiger partial charge >= 0.3 is 0 Å². The number of amides is 1. The van der Waals surface area contributed by atoms with Gasteiger partial charge in [-0.3, -0.25) is 4.79 Å². The molecule has 0 saturated heterocycles. The molecule has 7 nitrogen and oxygen atoms in total. The summed E-state index contributed by atoms with van der Waals surface area (Å²) in [5.41, 5.74) is 9.79.